The molecule has 0 saturated heterocycles. The predicted molar refractivity (Wildman–Crippen MR) is 98.3 cm³/mol. The fourth-order valence-corrected chi connectivity index (χ4v) is 2.56. The molecule has 2 aromatic rings. The molecule has 2 N–H and O–H groups in total. The molecule has 1 aromatic heterocycles. The lowest BCUT2D eigenvalue weighted by Crippen LogP contribution is -2.52. The molecule has 2 amide bonds. The zero-order valence-corrected chi connectivity index (χ0v) is 15.3. The highest BCUT2D eigenvalue weighted by molar-refractivity contribution is 6.10. The van der Waals surface area contributed by atoms with E-state index < -0.39 is 30.2 Å². The fourth-order valence-electron chi connectivity index (χ4n) is 2.56. The molecule has 2 rings (SSSR count). The van der Waals surface area contributed by atoms with Crippen LogP contribution in [0.2, 0.25) is 0 Å². The van der Waals surface area contributed by atoms with E-state index in [9.17, 15) is 14.4 Å². The van der Waals surface area contributed by atoms with Crippen LogP contribution >= 0.6 is 0 Å². The van der Waals surface area contributed by atoms with Crippen LogP contribution in [-0.2, 0) is 9.59 Å². The Morgan fingerprint density at radius 2 is 1.85 bits per heavy atom. The molecule has 0 aliphatic rings. The minimum Gasteiger partial charge on any atom is -0.481 e. The Morgan fingerprint density at radius 1 is 1.19 bits per heavy atom. The predicted octanol–water partition coefficient (Wildman–Crippen LogP) is 0.505. The number of Topliss-reactive ketones (excluding diaryl/α,β-unsaturated/α-hetero) is 1. The van der Waals surface area contributed by atoms with Crippen molar-refractivity contribution in [2.75, 3.05) is 27.8 Å². The zero-order valence-electron chi connectivity index (χ0n) is 15.3. The Bertz CT molecular complexity index is 819. The van der Waals surface area contributed by atoms with Gasteiger partial charge in [0.2, 0.25) is 11.8 Å². The van der Waals surface area contributed by atoms with Crippen molar-refractivity contribution in [3.05, 3.63) is 48.0 Å². The van der Waals surface area contributed by atoms with Gasteiger partial charge in [-0.2, -0.15) is 0 Å². The number of rotatable bonds is 7. The van der Waals surface area contributed by atoms with Gasteiger partial charge in [-0.3, -0.25) is 14.4 Å². The average molecular weight is 371 g/mol. The summed E-state index contributed by atoms with van der Waals surface area (Å²) in [4.78, 5) is 41.8. The number of methoxy groups -OCH3 is 1. The average Bonchev–Trinajstić information content (AvgIpc) is 2.72. The van der Waals surface area contributed by atoms with Crippen LogP contribution in [0.4, 0.5) is 0 Å². The van der Waals surface area contributed by atoms with Crippen molar-refractivity contribution in [3.8, 4) is 17.1 Å². The molecule has 142 valence electrons. The normalized spacial score (nSPS) is 11.4. The Kier molecular flexibility index (Phi) is 6.62. The summed E-state index contributed by atoms with van der Waals surface area (Å²) in [6.45, 7) is -0.837. The standard InChI is InChI=1S/C19H21N3O5/c1-20-18(25)17(15(24)11-23)22(2)19(26)13-9-7-12(8-10-13)14-5-4-6-16(21-14)27-3/h4-10,17,23H,11H2,1-3H3,(H,20,25). The van der Waals surface area contributed by atoms with Crippen molar-refractivity contribution < 1.29 is 24.2 Å². The largest absolute Gasteiger partial charge is 0.481 e. The molecule has 0 bridgehead atoms. The first-order valence-electron chi connectivity index (χ1n) is 8.16. The van der Waals surface area contributed by atoms with Gasteiger partial charge in [0.1, 0.15) is 6.61 Å². The summed E-state index contributed by atoms with van der Waals surface area (Å²) in [5.74, 6) is -1.47. The Morgan fingerprint density at radius 3 is 2.41 bits per heavy atom. The monoisotopic (exact) mass is 371 g/mol. The van der Waals surface area contributed by atoms with Gasteiger partial charge in [0.05, 0.1) is 12.8 Å². The van der Waals surface area contributed by atoms with Crippen LogP contribution in [0.3, 0.4) is 0 Å². The molecule has 0 fully saturated rings. The van der Waals surface area contributed by atoms with E-state index in [1.54, 1.807) is 30.3 Å². The summed E-state index contributed by atoms with van der Waals surface area (Å²) in [5.41, 5.74) is 1.76. The number of carbonyl (C=O) groups excluding carboxylic acids is 3. The van der Waals surface area contributed by atoms with Gasteiger partial charge in [-0.25, -0.2) is 4.98 Å². The quantitative estimate of drug-likeness (QED) is 0.687. The number of hydrogen-bond acceptors (Lipinski definition) is 6. The van der Waals surface area contributed by atoms with Crippen LogP contribution in [-0.4, -0.2) is 66.4 Å². The number of ketones is 1. The van der Waals surface area contributed by atoms with Crippen LogP contribution in [0.25, 0.3) is 11.3 Å². The first kappa shape index (κ1) is 20.1. The molecule has 1 heterocycles. The number of nitrogens with one attached hydrogen (secondary N) is 1. The summed E-state index contributed by atoms with van der Waals surface area (Å²) in [5, 5.41) is 11.4. The number of likely N-dealkylation sites (N-methyl/N-ethyl adjacent to an activating group) is 2. The van der Waals surface area contributed by atoms with Crippen LogP contribution < -0.4 is 10.1 Å². The summed E-state index contributed by atoms with van der Waals surface area (Å²) >= 11 is 0. The maximum atomic E-state index is 12.7. The van der Waals surface area contributed by atoms with Crippen molar-refractivity contribution in [1.29, 1.82) is 0 Å². The molecule has 0 spiro atoms. The molecule has 0 radical (unpaired) electrons. The number of amides is 2. The maximum Gasteiger partial charge on any atom is 0.254 e. The van der Waals surface area contributed by atoms with Gasteiger partial charge in [0.15, 0.2) is 11.8 Å². The first-order chi connectivity index (χ1) is 12.9. The number of carbonyl (C=O) groups is 3. The van der Waals surface area contributed by atoms with Crippen LogP contribution in [0.1, 0.15) is 10.4 Å². The molecule has 8 nitrogen and oxygen atoms in total. The maximum absolute atomic E-state index is 12.7. The molecule has 0 aliphatic heterocycles. The molecule has 0 aliphatic carbocycles. The van der Waals surface area contributed by atoms with Crippen molar-refractivity contribution in [2.45, 2.75) is 6.04 Å². The van der Waals surface area contributed by atoms with E-state index >= 15 is 0 Å². The lowest BCUT2D eigenvalue weighted by Gasteiger charge is -2.25. The topological polar surface area (TPSA) is 109 Å². The highest BCUT2D eigenvalue weighted by Crippen LogP contribution is 2.21. The van der Waals surface area contributed by atoms with Gasteiger partial charge in [0, 0.05) is 31.3 Å². The molecule has 27 heavy (non-hydrogen) atoms. The highest BCUT2D eigenvalue weighted by atomic mass is 16.5. The van der Waals surface area contributed by atoms with E-state index in [-0.39, 0.29) is 0 Å². The van der Waals surface area contributed by atoms with Gasteiger partial charge in [-0.15, -0.1) is 0 Å². The second kappa shape index (κ2) is 8.91. The third-order valence-electron chi connectivity index (χ3n) is 4.02. The summed E-state index contributed by atoms with van der Waals surface area (Å²) in [6, 6.07) is 10.5. The number of aromatic nitrogens is 1. The van der Waals surface area contributed by atoms with Gasteiger partial charge < -0.3 is 20.1 Å². The summed E-state index contributed by atoms with van der Waals surface area (Å²) < 4.78 is 5.10. The van der Waals surface area contributed by atoms with E-state index in [0.717, 1.165) is 10.5 Å². The Labute approximate surface area is 156 Å². The number of pyridine rings is 1. The second-order valence-corrected chi connectivity index (χ2v) is 5.70. The number of hydrogen-bond donors (Lipinski definition) is 2. The molecule has 1 aromatic carbocycles. The van der Waals surface area contributed by atoms with E-state index in [1.807, 2.05) is 12.1 Å². The second-order valence-electron chi connectivity index (χ2n) is 5.70. The smallest absolute Gasteiger partial charge is 0.254 e. The van der Waals surface area contributed by atoms with Crippen LogP contribution in [0, 0.1) is 0 Å². The van der Waals surface area contributed by atoms with Gasteiger partial charge in [-0.05, 0) is 18.2 Å². The highest BCUT2D eigenvalue weighted by Gasteiger charge is 2.32. The zero-order chi connectivity index (χ0) is 20.0. The number of aliphatic hydroxyl groups is 1. The molecule has 8 heteroatoms. The van der Waals surface area contributed by atoms with E-state index in [1.165, 1.54) is 21.2 Å². The van der Waals surface area contributed by atoms with E-state index in [2.05, 4.69) is 10.3 Å². The minimum atomic E-state index is -1.40. The Balaban J connectivity index is 2.25. The van der Waals surface area contributed by atoms with Gasteiger partial charge in [0.25, 0.3) is 5.91 Å². The fraction of sp³-hybridized carbons (Fsp3) is 0.263. The lowest BCUT2D eigenvalue weighted by atomic mass is 10.1. The van der Waals surface area contributed by atoms with Crippen molar-refractivity contribution >= 4 is 17.6 Å². The van der Waals surface area contributed by atoms with Gasteiger partial charge >= 0.3 is 0 Å². The molecule has 1 unspecified atom stereocenters. The molecular formula is C19H21N3O5. The SMILES string of the molecule is CNC(=O)C(C(=O)CO)N(C)C(=O)c1ccc(-c2cccc(OC)n2)cc1. The van der Waals surface area contributed by atoms with Crippen molar-refractivity contribution in [2.24, 2.45) is 0 Å². The number of nitrogens with zero attached hydrogens (tertiary/aromatic N) is 2. The van der Waals surface area contributed by atoms with Crippen LogP contribution in [0.15, 0.2) is 42.5 Å². The van der Waals surface area contributed by atoms with Crippen LogP contribution in [0.5, 0.6) is 5.88 Å². The number of benzene rings is 1. The molecule has 1 atom stereocenters. The summed E-state index contributed by atoms with van der Waals surface area (Å²) in [7, 11) is 4.22. The summed E-state index contributed by atoms with van der Waals surface area (Å²) in [6.07, 6.45) is 0. The number of aliphatic hydroxyl groups excluding tert-OH is 1. The lowest BCUT2D eigenvalue weighted by molar-refractivity contribution is -0.135. The molecular weight excluding hydrogens is 350 g/mol. The van der Waals surface area contributed by atoms with Gasteiger partial charge in [-0.1, -0.05) is 18.2 Å². The Hall–Kier alpha value is -3.26. The van der Waals surface area contributed by atoms with E-state index in [0.29, 0.717) is 17.1 Å². The number of ether oxygens (including phenoxy) is 1. The molecule has 0 saturated carbocycles. The van der Waals surface area contributed by atoms with Crippen molar-refractivity contribution in [3.63, 3.8) is 0 Å². The third kappa shape index (κ3) is 4.48. The third-order valence-corrected chi connectivity index (χ3v) is 4.02. The van der Waals surface area contributed by atoms with E-state index in [4.69, 9.17) is 9.84 Å². The van der Waals surface area contributed by atoms with Crippen molar-refractivity contribution in [1.82, 2.24) is 15.2 Å². The minimum absolute atomic E-state index is 0.295. The first-order valence-corrected chi connectivity index (χ1v) is 8.16.